The molecule has 5 atom stereocenters. The summed E-state index contributed by atoms with van der Waals surface area (Å²) in [6.07, 6.45) is 8.49. The molecule has 4 amide bonds. The molecule has 53 heavy (non-hydrogen) atoms. The van der Waals surface area contributed by atoms with Gasteiger partial charge in [0.25, 0.3) is 11.8 Å². The van der Waals surface area contributed by atoms with Crippen LogP contribution in [0.2, 0.25) is 0 Å². The minimum Gasteiger partial charge on any atom is -0.471 e. The van der Waals surface area contributed by atoms with Crippen LogP contribution in [0.4, 0.5) is 4.39 Å². The van der Waals surface area contributed by atoms with Gasteiger partial charge in [0.15, 0.2) is 5.82 Å². The number of rotatable bonds is 7. The van der Waals surface area contributed by atoms with E-state index in [1.54, 1.807) is 27.0 Å². The first-order chi connectivity index (χ1) is 25.2. The lowest BCUT2D eigenvalue weighted by atomic mass is 10.0. The molecule has 3 fully saturated rings. The molecule has 2 saturated carbocycles. The Morgan fingerprint density at radius 2 is 1.91 bits per heavy atom. The number of nitrogens with one attached hydrogen (secondary N) is 3. The minimum absolute atomic E-state index is 0.00324. The van der Waals surface area contributed by atoms with Gasteiger partial charge in [-0.25, -0.2) is 22.8 Å². The number of nitrogens with zero attached hydrogens (tertiary/aromatic N) is 5. The fourth-order valence-corrected chi connectivity index (χ4v) is 8.47. The average Bonchev–Trinajstić information content (AvgIpc) is 3.91. The van der Waals surface area contributed by atoms with Crippen molar-refractivity contribution in [3.05, 3.63) is 59.8 Å². The molecule has 4 aliphatic rings. The van der Waals surface area contributed by atoms with E-state index in [9.17, 15) is 32.0 Å². The summed E-state index contributed by atoms with van der Waals surface area (Å²) in [5.41, 5.74) is -0.590. The maximum Gasteiger partial charge on any atom is 0.270 e. The quantitative estimate of drug-likeness (QED) is 0.302. The number of carbonyl (C=O) groups is 4. The number of hydrogen-bond donors (Lipinski definition) is 3. The SMILES string of the molecule is Cc1nc2cccc(F)c2nc1O[C@@H]1C[C@H]2C(=O)N[C@]3(C(=O)NS(=O)(=O)C4(C)CC4)C[C@H]3/C=C\CCCCC[C@H](NC(=O)c3ccnn3C)C(=O)N2C1. The van der Waals surface area contributed by atoms with E-state index in [2.05, 4.69) is 30.4 Å². The van der Waals surface area contributed by atoms with Gasteiger partial charge in [-0.3, -0.25) is 28.6 Å². The fraction of sp³-hybridized carbons (Fsp3) is 0.528. The number of aromatic nitrogens is 4. The van der Waals surface area contributed by atoms with E-state index in [-0.39, 0.29) is 36.5 Å². The molecular weight excluding hydrogens is 708 g/mol. The van der Waals surface area contributed by atoms with Crippen molar-refractivity contribution >= 4 is 44.7 Å². The Labute approximate surface area is 306 Å². The zero-order valence-corrected chi connectivity index (χ0v) is 30.6. The summed E-state index contributed by atoms with van der Waals surface area (Å²) >= 11 is 0. The van der Waals surface area contributed by atoms with Gasteiger partial charge in [-0.05, 0) is 70.6 Å². The van der Waals surface area contributed by atoms with Gasteiger partial charge < -0.3 is 20.3 Å². The van der Waals surface area contributed by atoms with Crippen molar-refractivity contribution in [1.29, 1.82) is 0 Å². The second-order valence-electron chi connectivity index (χ2n) is 14.8. The van der Waals surface area contributed by atoms with E-state index >= 15 is 0 Å². The van der Waals surface area contributed by atoms with Crippen molar-refractivity contribution in [2.24, 2.45) is 13.0 Å². The van der Waals surface area contributed by atoms with Gasteiger partial charge >= 0.3 is 0 Å². The molecule has 17 heteroatoms. The van der Waals surface area contributed by atoms with Crippen molar-refractivity contribution < 1.29 is 36.7 Å². The van der Waals surface area contributed by atoms with E-state index in [0.717, 1.165) is 12.8 Å². The van der Waals surface area contributed by atoms with Crippen LogP contribution in [0.1, 0.15) is 80.9 Å². The molecule has 1 aromatic carbocycles. The van der Waals surface area contributed by atoms with Crippen LogP contribution in [0.15, 0.2) is 42.6 Å². The number of carbonyl (C=O) groups excluding carboxylic acids is 4. The van der Waals surface area contributed by atoms with Crippen molar-refractivity contribution in [3.8, 4) is 5.88 Å². The summed E-state index contributed by atoms with van der Waals surface area (Å²) in [6.45, 7) is 3.13. The molecule has 4 heterocycles. The third kappa shape index (κ3) is 7.10. The van der Waals surface area contributed by atoms with Crippen LogP contribution in [0.3, 0.4) is 0 Å². The van der Waals surface area contributed by atoms with E-state index in [1.165, 1.54) is 34.0 Å². The third-order valence-corrected chi connectivity index (χ3v) is 13.0. The average molecular weight is 751 g/mol. The van der Waals surface area contributed by atoms with Crippen LogP contribution in [0.5, 0.6) is 5.88 Å². The number of halogens is 1. The molecule has 0 unspecified atom stereocenters. The van der Waals surface area contributed by atoms with Crippen LogP contribution in [-0.4, -0.2) is 91.7 Å². The molecule has 2 aliphatic carbocycles. The molecule has 0 bridgehead atoms. The smallest absolute Gasteiger partial charge is 0.270 e. The maximum absolute atomic E-state index is 14.7. The summed E-state index contributed by atoms with van der Waals surface area (Å²) in [7, 11) is -2.40. The number of para-hydroxylation sites is 1. The molecule has 3 N–H and O–H groups in total. The van der Waals surface area contributed by atoms with Crippen molar-refractivity contribution in [2.45, 2.75) is 100 Å². The molecule has 3 aromatic rings. The summed E-state index contributed by atoms with van der Waals surface area (Å²) < 4.78 is 49.7. The van der Waals surface area contributed by atoms with Gasteiger partial charge in [-0.2, -0.15) is 5.10 Å². The highest BCUT2D eigenvalue weighted by molar-refractivity contribution is 7.91. The lowest BCUT2D eigenvalue weighted by molar-refractivity contribution is -0.141. The zero-order valence-electron chi connectivity index (χ0n) is 29.8. The number of sulfonamides is 1. The summed E-state index contributed by atoms with van der Waals surface area (Å²) in [5.74, 6) is -3.56. The van der Waals surface area contributed by atoms with Crippen molar-refractivity contribution in [3.63, 3.8) is 0 Å². The third-order valence-electron chi connectivity index (χ3n) is 10.9. The number of aryl methyl sites for hydroxylation is 2. The second kappa shape index (κ2) is 13.8. The number of ether oxygens (including phenoxy) is 1. The zero-order chi connectivity index (χ0) is 37.7. The van der Waals surface area contributed by atoms with Gasteiger partial charge in [-0.15, -0.1) is 0 Å². The predicted octanol–water partition coefficient (Wildman–Crippen LogP) is 2.35. The molecular formula is C36H43FN8O7S. The standard InChI is InChI=1S/C36H43FN8O7S/c1-21-32(41-29-24(37)11-9-13-25(29)39-21)52-23-18-28-31(47)42-36(34(49)43-53(50,51)35(2)15-16-35)19-22(36)10-7-5-4-6-8-12-26(33(48)45(28)20-23)40-30(46)27-14-17-38-44(27)3/h7,9-11,13-14,17,22-23,26,28H,4-6,8,12,15-16,18-20H2,1-3H3,(H,40,46)(H,42,47)(H,43,49)/b10-7-/t22-,23-,26+,28+,36-/m1/s1. The Morgan fingerprint density at radius 3 is 2.64 bits per heavy atom. The highest BCUT2D eigenvalue weighted by Crippen LogP contribution is 2.47. The second-order valence-corrected chi connectivity index (χ2v) is 17.0. The number of benzene rings is 1. The highest BCUT2D eigenvalue weighted by atomic mass is 32.2. The van der Waals surface area contributed by atoms with Gasteiger partial charge in [0.05, 0.1) is 16.8 Å². The minimum atomic E-state index is -4.01. The van der Waals surface area contributed by atoms with E-state index in [1.807, 2.05) is 12.2 Å². The first-order valence-corrected chi connectivity index (χ1v) is 19.4. The van der Waals surface area contributed by atoms with E-state index < -0.39 is 73.9 Å². The summed E-state index contributed by atoms with van der Waals surface area (Å²) in [4.78, 5) is 66.1. The lowest BCUT2D eigenvalue weighted by Gasteiger charge is -2.30. The molecule has 7 rings (SSSR count). The molecule has 282 valence electrons. The monoisotopic (exact) mass is 750 g/mol. The Hall–Kier alpha value is -4.93. The summed E-state index contributed by atoms with van der Waals surface area (Å²) in [6, 6.07) is 3.75. The Kier molecular flexibility index (Phi) is 9.49. The van der Waals surface area contributed by atoms with Crippen LogP contribution in [-0.2, 0) is 31.5 Å². The van der Waals surface area contributed by atoms with Gasteiger partial charge in [0, 0.05) is 25.6 Å². The van der Waals surface area contributed by atoms with Crippen molar-refractivity contribution in [2.75, 3.05) is 6.54 Å². The topological polar surface area (TPSA) is 195 Å². The molecule has 1 saturated heterocycles. The molecule has 0 radical (unpaired) electrons. The van der Waals surface area contributed by atoms with E-state index in [0.29, 0.717) is 43.3 Å². The summed E-state index contributed by atoms with van der Waals surface area (Å²) in [5, 5.41) is 9.75. The number of fused-ring (bicyclic) bond motifs is 3. The highest BCUT2D eigenvalue weighted by Gasteiger charge is 2.63. The van der Waals surface area contributed by atoms with Crippen LogP contribution in [0, 0.1) is 18.7 Å². The maximum atomic E-state index is 14.7. The van der Waals surface area contributed by atoms with Crippen LogP contribution in [0.25, 0.3) is 11.0 Å². The molecule has 2 aromatic heterocycles. The molecule has 15 nitrogen and oxygen atoms in total. The Morgan fingerprint density at radius 1 is 1.11 bits per heavy atom. The number of amides is 4. The van der Waals surface area contributed by atoms with E-state index in [4.69, 9.17) is 4.74 Å². The number of hydrogen-bond acceptors (Lipinski definition) is 10. The fourth-order valence-electron chi connectivity index (χ4n) is 7.16. The lowest BCUT2D eigenvalue weighted by Crippen LogP contribution is -2.58. The molecule has 2 aliphatic heterocycles. The number of allylic oxidation sites excluding steroid dienone is 1. The van der Waals surface area contributed by atoms with Gasteiger partial charge in [0.2, 0.25) is 27.7 Å². The largest absolute Gasteiger partial charge is 0.471 e. The van der Waals surface area contributed by atoms with Crippen LogP contribution < -0.4 is 20.1 Å². The van der Waals surface area contributed by atoms with Gasteiger partial charge in [-0.1, -0.05) is 31.1 Å². The van der Waals surface area contributed by atoms with Gasteiger partial charge in [0.1, 0.15) is 40.6 Å². The van der Waals surface area contributed by atoms with Crippen molar-refractivity contribution in [1.82, 2.24) is 40.0 Å². The first kappa shape index (κ1) is 36.4. The predicted molar refractivity (Wildman–Crippen MR) is 189 cm³/mol. The first-order valence-electron chi connectivity index (χ1n) is 18.0. The Balaban J connectivity index is 1.20. The normalized spacial score (nSPS) is 27.7. The van der Waals surface area contributed by atoms with Crippen LogP contribution >= 0.6 is 0 Å². The molecule has 0 spiro atoms. The Bertz CT molecular complexity index is 2120.